The van der Waals surface area contributed by atoms with Gasteiger partial charge in [0.15, 0.2) is 6.04 Å². The molecule has 9 nitrogen and oxygen atoms in total. The van der Waals surface area contributed by atoms with Crippen LogP contribution in [0.25, 0.3) is 11.4 Å². The summed E-state index contributed by atoms with van der Waals surface area (Å²) < 4.78 is 7.44. The molecular weight excluding hydrogens is 370 g/mol. The number of carbonyl (C=O) groups excluding carboxylic acids is 1. The van der Waals surface area contributed by atoms with Gasteiger partial charge >= 0.3 is 0 Å². The Morgan fingerprint density at radius 2 is 2.14 bits per heavy atom. The summed E-state index contributed by atoms with van der Waals surface area (Å²) in [5.41, 5.74) is 1.50. The number of tetrazole rings is 1. The molecule has 9 heteroatoms. The topological polar surface area (TPSA) is 99.8 Å². The molecule has 0 saturated carbocycles. The van der Waals surface area contributed by atoms with Crippen LogP contribution in [0, 0.1) is 5.92 Å². The van der Waals surface area contributed by atoms with E-state index in [1.54, 1.807) is 10.9 Å². The Kier molecular flexibility index (Phi) is 5.66. The highest BCUT2D eigenvalue weighted by Crippen LogP contribution is 2.21. The van der Waals surface area contributed by atoms with Gasteiger partial charge in [0.25, 0.3) is 5.91 Å². The van der Waals surface area contributed by atoms with Crippen molar-refractivity contribution in [3.8, 4) is 11.4 Å². The molecule has 0 aliphatic carbocycles. The molecule has 2 unspecified atom stereocenters. The minimum Gasteiger partial charge on any atom is -0.376 e. The molecule has 4 rings (SSSR count). The zero-order valence-corrected chi connectivity index (χ0v) is 16.6. The van der Waals surface area contributed by atoms with Gasteiger partial charge in [0.1, 0.15) is 0 Å². The van der Waals surface area contributed by atoms with Gasteiger partial charge in [-0.05, 0) is 24.0 Å². The first-order valence-electron chi connectivity index (χ1n) is 9.90. The Morgan fingerprint density at radius 1 is 1.31 bits per heavy atom. The summed E-state index contributed by atoms with van der Waals surface area (Å²) in [5, 5.41) is 19.9. The molecule has 1 saturated heterocycles. The van der Waals surface area contributed by atoms with Crippen molar-refractivity contribution >= 4 is 11.6 Å². The van der Waals surface area contributed by atoms with Gasteiger partial charge in [-0.15, -0.1) is 10.2 Å². The molecule has 1 aliphatic rings. The van der Waals surface area contributed by atoms with Gasteiger partial charge in [0, 0.05) is 18.4 Å². The molecule has 2 atom stereocenters. The van der Waals surface area contributed by atoms with Gasteiger partial charge in [0.05, 0.1) is 24.5 Å². The number of nitrogens with one attached hydrogen (secondary N) is 1. The number of nitrogens with zero attached hydrogens (tertiary/aromatic N) is 6. The molecule has 0 radical (unpaired) electrons. The zero-order chi connectivity index (χ0) is 20.2. The first kappa shape index (κ1) is 19.3. The van der Waals surface area contributed by atoms with E-state index in [-0.39, 0.29) is 17.9 Å². The summed E-state index contributed by atoms with van der Waals surface area (Å²) in [4.78, 5) is 14.3. The van der Waals surface area contributed by atoms with Crippen molar-refractivity contribution in [1.29, 1.82) is 0 Å². The maximum atomic E-state index is 13.0. The maximum Gasteiger partial charge on any atom is 0.251 e. The highest BCUT2D eigenvalue weighted by molar-refractivity contribution is 5.93. The van der Waals surface area contributed by atoms with Crippen molar-refractivity contribution in [3.05, 3.63) is 42.7 Å². The fraction of sp³-hybridized carbons (Fsp3) is 0.450. The first-order valence-corrected chi connectivity index (χ1v) is 9.90. The van der Waals surface area contributed by atoms with E-state index in [4.69, 9.17) is 4.74 Å². The second-order valence-corrected chi connectivity index (χ2v) is 7.56. The normalized spacial score (nSPS) is 17.6. The van der Waals surface area contributed by atoms with E-state index in [9.17, 15) is 4.79 Å². The Balaban J connectivity index is 1.45. The molecule has 29 heavy (non-hydrogen) atoms. The van der Waals surface area contributed by atoms with Crippen LogP contribution < -0.4 is 5.32 Å². The lowest BCUT2D eigenvalue weighted by molar-refractivity contribution is -0.121. The predicted octanol–water partition coefficient (Wildman–Crippen LogP) is 2.55. The lowest BCUT2D eigenvalue weighted by Gasteiger charge is -2.18. The molecular formula is C20H25N7O2. The number of benzene rings is 1. The van der Waals surface area contributed by atoms with E-state index in [2.05, 4.69) is 25.8 Å². The van der Waals surface area contributed by atoms with Gasteiger partial charge in [-0.25, -0.2) is 0 Å². The lowest BCUT2D eigenvalue weighted by Crippen LogP contribution is -2.31. The fourth-order valence-corrected chi connectivity index (χ4v) is 3.46. The van der Waals surface area contributed by atoms with Crippen LogP contribution in [-0.4, -0.2) is 48.6 Å². The third-order valence-electron chi connectivity index (χ3n) is 4.92. The fourth-order valence-electron chi connectivity index (χ4n) is 3.46. The highest BCUT2D eigenvalue weighted by atomic mass is 16.5. The lowest BCUT2D eigenvalue weighted by atomic mass is 10.0. The summed E-state index contributed by atoms with van der Waals surface area (Å²) in [6.45, 7) is 5.41. The molecule has 1 amide bonds. The summed E-state index contributed by atoms with van der Waals surface area (Å²) in [6.07, 6.45) is 5.79. The van der Waals surface area contributed by atoms with Gasteiger partial charge in [-0.1, -0.05) is 44.2 Å². The molecule has 1 aliphatic heterocycles. The van der Waals surface area contributed by atoms with Crippen molar-refractivity contribution in [2.45, 2.75) is 45.4 Å². The molecule has 152 valence electrons. The Bertz CT molecular complexity index is 945. The van der Waals surface area contributed by atoms with E-state index in [0.717, 1.165) is 25.0 Å². The van der Waals surface area contributed by atoms with Crippen molar-refractivity contribution in [2.75, 3.05) is 11.9 Å². The molecule has 3 heterocycles. The zero-order valence-electron chi connectivity index (χ0n) is 16.6. The SMILES string of the molecule is CC(C)C(C(=O)Nc1cnn(CC2CCCO2)c1)n1nnc(-c2ccccc2)n1. The molecule has 1 N–H and O–H groups in total. The standard InChI is InChI=1S/C20H25N7O2/c1-14(2)18(27-24-19(23-25-27)15-7-4-3-5-8-15)20(28)22-16-11-21-26(12-16)13-17-9-6-10-29-17/h3-5,7-8,11-12,14,17-18H,6,9-10,13H2,1-2H3,(H,22,28). The minimum atomic E-state index is -0.582. The van der Waals surface area contributed by atoms with Crippen LogP contribution in [0.4, 0.5) is 5.69 Å². The van der Waals surface area contributed by atoms with Crippen LogP contribution >= 0.6 is 0 Å². The number of carbonyl (C=O) groups is 1. The average molecular weight is 395 g/mol. The quantitative estimate of drug-likeness (QED) is 0.660. The second kappa shape index (κ2) is 8.52. The Labute approximate surface area is 169 Å². The molecule has 1 fully saturated rings. The number of ether oxygens (including phenoxy) is 1. The number of aromatic nitrogens is 6. The molecule has 2 aromatic heterocycles. The number of anilines is 1. The van der Waals surface area contributed by atoms with E-state index in [1.165, 1.54) is 4.80 Å². The smallest absolute Gasteiger partial charge is 0.251 e. The number of hydrogen-bond acceptors (Lipinski definition) is 6. The van der Waals surface area contributed by atoms with Crippen LogP contribution in [-0.2, 0) is 16.1 Å². The van der Waals surface area contributed by atoms with Crippen molar-refractivity contribution < 1.29 is 9.53 Å². The molecule has 0 spiro atoms. The van der Waals surface area contributed by atoms with Gasteiger partial charge in [0.2, 0.25) is 5.82 Å². The first-order chi connectivity index (χ1) is 14.1. The monoisotopic (exact) mass is 395 g/mol. The van der Waals surface area contributed by atoms with E-state index >= 15 is 0 Å². The second-order valence-electron chi connectivity index (χ2n) is 7.56. The maximum absolute atomic E-state index is 13.0. The summed E-state index contributed by atoms with van der Waals surface area (Å²) >= 11 is 0. The predicted molar refractivity (Wildman–Crippen MR) is 107 cm³/mol. The summed E-state index contributed by atoms with van der Waals surface area (Å²) in [5.74, 6) is 0.275. The third-order valence-corrected chi connectivity index (χ3v) is 4.92. The van der Waals surface area contributed by atoms with E-state index < -0.39 is 6.04 Å². The van der Waals surface area contributed by atoms with E-state index in [0.29, 0.717) is 18.1 Å². The van der Waals surface area contributed by atoms with Crippen LogP contribution in [0.1, 0.15) is 32.7 Å². The molecule has 1 aromatic carbocycles. The number of rotatable bonds is 7. The number of amides is 1. The summed E-state index contributed by atoms with van der Waals surface area (Å²) in [6, 6.07) is 9.00. The van der Waals surface area contributed by atoms with Gasteiger partial charge in [-0.2, -0.15) is 9.90 Å². The van der Waals surface area contributed by atoms with Crippen molar-refractivity contribution in [3.63, 3.8) is 0 Å². The highest BCUT2D eigenvalue weighted by Gasteiger charge is 2.28. The Hall–Kier alpha value is -3.07. The largest absolute Gasteiger partial charge is 0.376 e. The molecule has 0 bridgehead atoms. The van der Waals surface area contributed by atoms with Gasteiger partial charge < -0.3 is 10.1 Å². The van der Waals surface area contributed by atoms with Crippen LogP contribution in [0.5, 0.6) is 0 Å². The van der Waals surface area contributed by atoms with Crippen LogP contribution in [0.3, 0.4) is 0 Å². The minimum absolute atomic E-state index is 0.0187. The summed E-state index contributed by atoms with van der Waals surface area (Å²) in [7, 11) is 0. The van der Waals surface area contributed by atoms with Gasteiger partial charge in [-0.3, -0.25) is 9.48 Å². The van der Waals surface area contributed by atoms with Crippen molar-refractivity contribution in [2.24, 2.45) is 5.92 Å². The number of hydrogen-bond donors (Lipinski definition) is 1. The average Bonchev–Trinajstić information content (AvgIpc) is 3.46. The molecule has 3 aromatic rings. The van der Waals surface area contributed by atoms with E-state index in [1.807, 2.05) is 50.4 Å². The third kappa shape index (κ3) is 4.51. The van der Waals surface area contributed by atoms with Crippen molar-refractivity contribution in [1.82, 2.24) is 30.0 Å². The van der Waals surface area contributed by atoms with Crippen LogP contribution in [0.15, 0.2) is 42.7 Å². The van der Waals surface area contributed by atoms with Crippen LogP contribution in [0.2, 0.25) is 0 Å². The Morgan fingerprint density at radius 3 is 2.86 bits per heavy atom.